The minimum Gasteiger partial charge on any atom is -0.353 e. The van der Waals surface area contributed by atoms with Gasteiger partial charge in [-0.05, 0) is 6.42 Å². The topological polar surface area (TPSA) is 91.0 Å². The minimum absolute atomic E-state index is 0.108. The van der Waals surface area contributed by atoms with Crippen LogP contribution < -0.4 is 5.32 Å². The molecule has 0 bridgehead atoms. The summed E-state index contributed by atoms with van der Waals surface area (Å²) >= 11 is 0. The lowest BCUT2D eigenvalue weighted by molar-refractivity contribution is -0.127. The standard InChI is InChI=1S/C11H17N5O2/c1-3-7-10(17)12-5-6-16(7)11(18)9-13-8(4-2)14-15-9/h7H,3-6H2,1-2H3,(H,12,17)(H,13,14,15). The summed E-state index contributed by atoms with van der Waals surface area (Å²) in [6.07, 6.45) is 1.28. The van der Waals surface area contributed by atoms with Crippen molar-refractivity contribution in [1.82, 2.24) is 25.4 Å². The number of hydrogen-bond acceptors (Lipinski definition) is 4. The zero-order chi connectivity index (χ0) is 13.1. The Balaban J connectivity index is 2.18. The van der Waals surface area contributed by atoms with E-state index in [4.69, 9.17) is 0 Å². The lowest BCUT2D eigenvalue weighted by Crippen LogP contribution is -2.57. The first-order valence-electron chi connectivity index (χ1n) is 6.17. The van der Waals surface area contributed by atoms with E-state index in [9.17, 15) is 9.59 Å². The highest BCUT2D eigenvalue weighted by atomic mass is 16.2. The van der Waals surface area contributed by atoms with Crippen molar-refractivity contribution in [1.29, 1.82) is 0 Å². The third kappa shape index (κ3) is 2.20. The zero-order valence-electron chi connectivity index (χ0n) is 10.6. The average Bonchev–Trinajstić information content (AvgIpc) is 2.86. The van der Waals surface area contributed by atoms with Crippen LogP contribution in [0.5, 0.6) is 0 Å². The summed E-state index contributed by atoms with van der Waals surface area (Å²) in [5.41, 5.74) is 0. The van der Waals surface area contributed by atoms with E-state index in [0.717, 1.165) is 0 Å². The molecule has 1 unspecified atom stereocenters. The predicted octanol–water partition coefficient (Wildman–Crippen LogP) is -0.282. The van der Waals surface area contributed by atoms with Crippen LogP contribution in [0.25, 0.3) is 0 Å². The molecule has 1 atom stereocenters. The van der Waals surface area contributed by atoms with E-state index in [2.05, 4.69) is 20.5 Å². The van der Waals surface area contributed by atoms with Crippen LogP contribution in [0.4, 0.5) is 0 Å². The van der Waals surface area contributed by atoms with Crippen LogP contribution in [0.15, 0.2) is 0 Å². The van der Waals surface area contributed by atoms with Crippen molar-refractivity contribution in [3.8, 4) is 0 Å². The highest BCUT2D eigenvalue weighted by molar-refractivity contribution is 5.95. The molecule has 2 rings (SSSR count). The van der Waals surface area contributed by atoms with Crippen molar-refractivity contribution in [2.24, 2.45) is 0 Å². The van der Waals surface area contributed by atoms with Crippen LogP contribution in [-0.2, 0) is 11.2 Å². The summed E-state index contributed by atoms with van der Waals surface area (Å²) in [4.78, 5) is 29.6. The molecule has 0 aliphatic carbocycles. The van der Waals surface area contributed by atoms with Crippen molar-refractivity contribution in [3.05, 3.63) is 11.6 Å². The maximum atomic E-state index is 12.2. The summed E-state index contributed by atoms with van der Waals surface area (Å²) in [7, 11) is 0. The molecule has 1 aromatic rings. The summed E-state index contributed by atoms with van der Waals surface area (Å²) in [6.45, 7) is 4.79. The third-order valence-corrected chi connectivity index (χ3v) is 3.04. The zero-order valence-corrected chi connectivity index (χ0v) is 10.6. The molecule has 0 spiro atoms. The van der Waals surface area contributed by atoms with Crippen molar-refractivity contribution in [2.45, 2.75) is 32.7 Å². The molecular formula is C11H17N5O2. The molecule has 1 fully saturated rings. The first kappa shape index (κ1) is 12.5. The van der Waals surface area contributed by atoms with Crippen molar-refractivity contribution < 1.29 is 9.59 Å². The molecule has 0 saturated carbocycles. The Hall–Kier alpha value is -1.92. The lowest BCUT2D eigenvalue weighted by Gasteiger charge is -2.33. The Bertz CT molecular complexity index is 456. The van der Waals surface area contributed by atoms with Crippen molar-refractivity contribution >= 4 is 11.8 Å². The number of amides is 2. The number of carbonyl (C=O) groups is 2. The van der Waals surface area contributed by atoms with Gasteiger partial charge in [-0.3, -0.25) is 14.7 Å². The molecule has 98 valence electrons. The van der Waals surface area contributed by atoms with Crippen LogP contribution in [-0.4, -0.2) is 51.0 Å². The molecule has 7 heteroatoms. The van der Waals surface area contributed by atoms with Crippen LogP contribution in [0.2, 0.25) is 0 Å². The van der Waals surface area contributed by atoms with Gasteiger partial charge >= 0.3 is 0 Å². The van der Waals surface area contributed by atoms with Crippen LogP contribution >= 0.6 is 0 Å². The second-order valence-corrected chi connectivity index (χ2v) is 4.17. The molecule has 1 aliphatic heterocycles. The van der Waals surface area contributed by atoms with Crippen LogP contribution in [0.3, 0.4) is 0 Å². The second-order valence-electron chi connectivity index (χ2n) is 4.17. The van der Waals surface area contributed by atoms with Crippen molar-refractivity contribution in [2.75, 3.05) is 13.1 Å². The quantitative estimate of drug-likeness (QED) is 0.772. The predicted molar refractivity (Wildman–Crippen MR) is 63.9 cm³/mol. The van der Waals surface area contributed by atoms with Gasteiger partial charge in [0.2, 0.25) is 11.7 Å². The number of hydrogen-bond donors (Lipinski definition) is 2. The molecule has 1 saturated heterocycles. The molecule has 1 aromatic heterocycles. The number of piperazine rings is 1. The monoisotopic (exact) mass is 251 g/mol. The Labute approximate surface area is 105 Å². The van der Waals surface area contributed by atoms with Gasteiger partial charge in [0.05, 0.1) is 0 Å². The third-order valence-electron chi connectivity index (χ3n) is 3.04. The Kier molecular flexibility index (Phi) is 3.59. The largest absolute Gasteiger partial charge is 0.353 e. The van der Waals surface area contributed by atoms with Gasteiger partial charge in [-0.1, -0.05) is 13.8 Å². The molecule has 1 aliphatic rings. The van der Waals surface area contributed by atoms with Gasteiger partial charge in [-0.2, -0.15) is 0 Å². The van der Waals surface area contributed by atoms with Crippen molar-refractivity contribution in [3.63, 3.8) is 0 Å². The van der Waals surface area contributed by atoms with E-state index in [-0.39, 0.29) is 17.6 Å². The van der Waals surface area contributed by atoms with E-state index in [0.29, 0.717) is 31.8 Å². The highest BCUT2D eigenvalue weighted by Gasteiger charge is 2.33. The van der Waals surface area contributed by atoms with Gasteiger partial charge in [0, 0.05) is 19.5 Å². The number of rotatable bonds is 3. The van der Waals surface area contributed by atoms with E-state index in [1.807, 2.05) is 13.8 Å². The Morgan fingerprint density at radius 3 is 2.89 bits per heavy atom. The first-order chi connectivity index (χ1) is 8.67. The summed E-state index contributed by atoms with van der Waals surface area (Å²) < 4.78 is 0. The first-order valence-corrected chi connectivity index (χ1v) is 6.17. The fourth-order valence-corrected chi connectivity index (χ4v) is 2.04. The lowest BCUT2D eigenvalue weighted by atomic mass is 10.1. The number of carbonyl (C=O) groups excluding carboxylic acids is 2. The number of aromatic amines is 1. The van der Waals surface area contributed by atoms with E-state index in [1.54, 1.807) is 4.90 Å². The van der Waals surface area contributed by atoms with Gasteiger partial charge in [-0.25, -0.2) is 4.98 Å². The van der Waals surface area contributed by atoms with Gasteiger partial charge in [0.1, 0.15) is 11.9 Å². The van der Waals surface area contributed by atoms with Gasteiger partial charge < -0.3 is 10.2 Å². The molecule has 2 amide bonds. The molecular weight excluding hydrogens is 234 g/mol. The highest BCUT2D eigenvalue weighted by Crippen LogP contribution is 2.11. The van der Waals surface area contributed by atoms with Crippen LogP contribution in [0.1, 0.15) is 36.7 Å². The number of H-pyrrole nitrogens is 1. The summed E-state index contributed by atoms with van der Waals surface area (Å²) in [5, 5.41) is 9.36. The normalized spacial score (nSPS) is 19.8. The fourth-order valence-electron chi connectivity index (χ4n) is 2.04. The maximum absolute atomic E-state index is 12.2. The minimum atomic E-state index is -0.421. The second kappa shape index (κ2) is 5.16. The Morgan fingerprint density at radius 1 is 1.50 bits per heavy atom. The SMILES string of the molecule is CCc1nc(C(=O)N2CCNC(=O)C2CC)n[nH]1. The molecule has 18 heavy (non-hydrogen) atoms. The van der Waals surface area contributed by atoms with E-state index in [1.165, 1.54) is 0 Å². The van der Waals surface area contributed by atoms with E-state index < -0.39 is 6.04 Å². The maximum Gasteiger partial charge on any atom is 0.294 e. The summed E-state index contributed by atoms with van der Waals surface area (Å²) in [5.74, 6) is 0.420. The molecule has 0 radical (unpaired) electrons. The number of nitrogens with one attached hydrogen (secondary N) is 2. The van der Waals surface area contributed by atoms with Crippen LogP contribution in [0, 0.1) is 0 Å². The number of aryl methyl sites for hydroxylation is 1. The molecule has 0 aromatic carbocycles. The molecule has 7 nitrogen and oxygen atoms in total. The average molecular weight is 251 g/mol. The van der Waals surface area contributed by atoms with Gasteiger partial charge in [-0.15, -0.1) is 5.10 Å². The smallest absolute Gasteiger partial charge is 0.294 e. The van der Waals surface area contributed by atoms with Gasteiger partial charge in [0.25, 0.3) is 5.91 Å². The van der Waals surface area contributed by atoms with E-state index >= 15 is 0 Å². The van der Waals surface area contributed by atoms with Gasteiger partial charge in [0.15, 0.2) is 0 Å². The number of nitrogens with zero attached hydrogens (tertiary/aromatic N) is 3. The Morgan fingerprint density at radius 2 is 2.28 bits per heavy atom. The number of aromatic nitrogens is 3. The molecule has 2 heterocycles. The molecule has 2 N–H and O–H groups in total. The summed E-state index contributed by atoms with van der Waals surface area (Å²) in [6, 6.07) is -0.421. The fraction of sp³-hybridized carbons (Fsp3) is 0.636.